The molecule has 2 aliphatic heterocycles. The third-order valence-electron chi connectivity index (χ3n) is 4.50. The van der Waals surface area contributed by atoms with Crippen molar-refractivity contribution in [3.05, 3.63) is 0 Å². The fourth-order valence-electron chi connectivity index (χ4n) is 3.23. The van der Waals surface area contributed by atoms with Gasteiger partial charge in [0.25, 0.3) is 0 Å². The lowest BCUT2D eigenvalue weighted by molar-refractivity contribution is 0.197. The number of guanidine groups is 1. The number of aliphatic imine (C=N–C) groups is 1. The standard InChI is InChI=1S/C15H30N4/c1-13(2)14(18-8-6-7-9-18)12-17-15(16)19-10-4-3-5-11-19/h13-14H,3-12H2,1-2H3,(H2,16,17). The third kappa shape index (κ3) is 4.10. The summed E-state index contributed by atoms with van der Waals surface area (Å²) in [6, 6.07) is 0.561. The summed E-state index contributed by atoms with van der Waals surface area (Å²) in [7, 11) is 0. The maximum atomic E-state index is 6.15. The van der Waals surface area contributed by atoms with Gasteiger partial charge < -0.3 is 10.6 Å². The van der Waals surface area contributed by atoms with E-state index in [9.17, 15) is 0 Å². The summed E-state index contributed by atoms with van der Waals surface area (Å²) in [5, 5.41) is 0. The zero-order valence-electron chi connectivity index (χ0n) is 12.6. The number of nitrogens with zero attached hydrogens (tertiary/aromatic N) is 3. The Morgan fingerprint density at radius 1 is 1.00 bits per heavy atom. The van der Waals surface area contributed by atoms with Gasteiger partial charge in [-0.2, -0.15) is 0 Å². The molecule has 0 bridgehead atoms. The van der Waals surface area contributed by atoms with E-state index in [1.807, 2.05) is 0 Å². The average molecular weight is 266 g/mol. The molecule has 110 valence electrons. The lowest BCUT2D eigenvalue weighted by Crippen LogP contribution is -2.43. The highest BCUT2D eigenvalue weighted by molar-refractivity contribution is 5.78. The second-order valence-electron chi connectivity index (χ2n) is 6.30. The van der Waals surface area contributed by atoms with Gasteiger partial charge >= 0.3 is 0 Å². The minimum atomic E-state index is 0.561. The molecule has 2 heterocycles. The molecule has 1 atom stereocenters. The quantitative estimate of drug-likeness (QED) is 0.624. The molecule has 4 heteroatoms. The van der Waals surface area contributed by atoms with Gasteiger partial charge in [-0.15, -0.1) is 0 Å². The Hall–Kier alpha value is -0.770. The first-order chi connectivity index (χ1) is 9.18. The van der Waals surface area contributed by atoms with Gasteiger partial charge in [0.2, 0.25) is 0 Å². The molecule has 0 aromatic carbocycles. The molecule has 0 saturated carbocycles. The van der Waals surface area contributed by atoms with E-state index < -0.39 is 0 Å². The van der Waals surface area contributed by atoms with Crippen LogP contribution in [-0.2, 0) is 0 Å². The highest BCUT2D eigenvalue weighted by Crippen LogP contribution is 2.18. The molecule has 2 aliphatic rings. The lowest BCUT2D eigenvalue weighted by Gasteiger charge is -2.31. The van der Waals surface area contributed by atoms with Crippen LogP contribution < -0.4 is 5.73 Å². The van der Waals surface area contributed by atoms with Crippen LogP contribution in [0.3, 0.4) is 0 Å². The molecular weight excluding hydrogens is 236 g/mol. The number of hydrogen-bond donors (Lipinski definition) is 1. The minimum Gasteiger partial charge on any atom is -0.370 e. The molecule has 0 aromatic heterocycles. The summed E-state index contributed by atoms with van der Waals surface area (Å²) in [5.41, 5.74) is 6.15. The van der Waals surface area contributed by atoms with Gasteiger partial charge in [-0.3, -0.25) is 9.89 Å². The van der Waals surface area contributed by atoms with Crippen molar-refractivity contribution in [2.45, 2.75) is 52.0 Å². The second kappa shape index (κ2) is 7.13. The van der Waals surface area contributed by atoms with Crippen LogP contribution in [-0.4, -0.2) is 54.5 Å². The van der Waals surface area contributed by atoms with E-state index in [0.717, 1.165) is 25.6 Å². The predicted octanol–water partition coefficient (Wildman–Crippen LogP) is 1.91. The molecule has 4 nitrogen and oxygen atoms in total. The van der Waals surface area contributed by atoms with Gasteiger partial charge in [0, 0.05) is 19.1 Å². The molecule has 0 radical (unpaired) electrons. The smallest absolute Gasteiger partial charge is 0.191 e. The van der Waals surface area contributed by atoms with Crippen molar-refractivity contribution in [1.82, 2.24) is 9.80 Å². The lowest BCUT2D eigenvalue weighted by atomic mass is 10.0. The predicted molar refractivity (Wildman–Crippen MR) is 81.3 cm³/mol. The minimum absolute atomic E-state index is 0.561. The molecule has 0 aliphatic carbocycles. The van der Waals surface area contributed by atoms with Crippen LogP contribution in [0.4, 0.5) is 0 Å². The zero-order chi connectivity index (χ0) is 13.7. The van der Waals surface area contributed by atoms with Crippen molar-refractivity contribution in [3.63, 3.8) is 0 Å². The molecule has 2 saturated heterocycles. The summed E-state index contributed by atoms with van der Waals surface area (Å²) in [4.78, 5) is 9.54. The normalized spacial score (nSPS) is 24.2. The Bertz CT molecular complexity index is 289. The second-order valence-corrected chi connectivity index (χ2v) is 6.30. The first-order valence-electron chi connectivity index (χ1n) is 7.97. The molecule has 2 N–H and O–H groups in total. The van der Waals surface area contributed by atoms with Crippen molar-refractivity contribution < 1.29 is 0 Å². The highest BCUT2D eigenvalue weighted by Gasteiger charge is 2.24. The van der Waals surface area contributed by atoms with Crippen LogP contribution in [0, 0.1) is 5.92 Å². The molecule has 19 heavy (non-hydrogen) atoms. The summed E-state index contributed by atoms with van der Waals surface area (Å²) < 4.78 is 0. The first kappa shape index (κ1) is 14.6. The summed E-state index contributed by atoms with van der Waals surface area (Å²) in [6.07, 6.45) is 6.54. The van der Waals surface area contributed by atoms with Crippen LogP contribution in [0.5, 0.6) is 0 Å². The van der Waals surface area contributed by atoms with Crippen molar-refractivity contribution in [2.75, 3.05) is 32.7 Å². The number of piperidine rings is 1. The molecule has 1 unspecified atom stereocenters. The van der Waals surface area contributed by atoms with Crippen LogP contribution in [0.2, 0.25) is 0 Å². The Morgan fingerprint density at radius 3 is 2.16 bits per heavy atom. The summed E-state index contributed by atoms with van der Waals surface area (Å²) in [5.74, 6) is 1.42. The Kier molecular flexibility index (Phi) is 5.49. The van der Waals surface area contributed by atoms with Gasteiger partial charge in [-0.1, -0.05) is 13.8 Å². The van der Waals surface area contributed by atoms with E-state index >= 15 is 0 Å². The number of rotatable bonds is 4. The van der Waals surface area contributed by atoms with E-state index in [1.165, 1.54) is 45.2 Å². The van der Waals surface area contributed by atoms with Crippen molar-refractivity contribution in [1.29, 1.82) is 0 Å². The largest absolute Gasteiger partial charge is 0.370 e. The topological polar surface area (TPSA) is 44.9 Å². The third-order valence-corrected chi connectivity index (χ3v) is 4.50. The van der Waals surface area contributed by atoms with E-state index in [0.29, 0.717) is 12.0 Å². The first-order valence-corrected chi connectivity index (χ1v) is 7.97. The monoisotopic (exact) mass is 266 g/mol. The zero-order valence-corrected chi connectivity index (χ0v) is 12.6. The maximum Gasteiger partial charge on any atom is 0.191 e. The molecule has 2 fully saturated rings. The van der Waals surface area contributed by atoms with E-state index in [2.05, 4.69) is 23.6 Å². The Morgan fingerprint density at radius 2 is 1.58 bits per heavy atom. The molecule has 2 rings (SSSR count). The van der Waals surface area contributed by atoms with Gasteiger partial charge in [0.1, 0.15) is 0 Å². The number of likely N-dealkylation sites (tertiary alicyclic amines) is 2. The molecule has 0 aromatic rings. The van der Waals surface area contributed by atoms with E-state index in [1.54, 1.807) is 0 Å². The van der Waals surface area contributed by atoms with Crippen LogP contribution in [0.15, 0.2) is 4.99 Å². The van der Waals surface area contributed by atoms with E-state index in [4.69, 9.17) is 10.7 Å². The van der Waals surface area contributed by atoms with Crippen LogP contribution in [0.1, 0.15) is 46.0 Å². The Labute approximate surface area is 118 Å². The van der Waals surface area contributed by atoms with Gasteiger partial charge in [0.15, 0.2) is 5.96 Å². The molecular formula is C15H30N4. The van der Waals surface area contributed by atoms with E-state index in [-0.39, 0.29) is 0 Å². The van der Waals surface area contributed by atoms with Gasteiger partial charge in [0.05, 0.1) is 6.54 Å². The van der Waals surface area contributed by atoms with Crippen LogP contribution >= 0.6 is 0 Å². The summed E-state index contributed by atoms with van der Waals surface area (Å²) >= 11 is 0. The summed E-state index contributed by atoms with van der Waals surface area (Å²) in [6.45, 7) is 10.1. The average Bonchev–Trinajstić information content (AvgIpc) is 2.93. The number of nitrogens with two attached hydrogens (primary N) is 1. The highest BCUT2D eigenvalue weighted by atomic mass is 15.3. The van der Waals surface area contributed by atoms with Crippen LogP contribution in [0.25, 0.3) is 0 Å². The molecule has 0 spiro atoms. The SMILES string of the molecule is CC(C)C(CN=C(N)N1CCCCC1)N1CCCC1. The Balaban J connectivity index is 1.89. The van der Waals surface area contributed by atoms with Crippen molar-refractivity contribution in [3.8, 4) is 0 Å². The van der Waals surface area contributed by atoms with Gasteiger partial charge in [-0.05, 0) is 51.1 Å². The number of hydrogen-bond acceptors (Lipinski definition) is 2. The fraction of sp³-hybridized carbons (Fsp3) is 0.933. The van der Waals surface area contributed by atoms with Crippen molar-refractivity contribution >= 4 is 5.96 Å². The maximum absolute atomic E-state index is 6.15. The van der Waals surface area contributed by atoms with Gasteiger partial charge in [-0.25, -0.2) is 0 Å². The van der Waals surface area contributed by atoms with Crippen molar-refractivity contribution in [2.24, 2.45) is 16.6 Å². The molecule has 0 amide bonds. The fourth-order valence-corrected chi connectivity index (χ4v) is 3.23.